The van der Waals surface area contributed by atoms with Gasteiger partial charge in [0.1, 0.15) is 0 Å². The van der Waals surface area contributed by atoms with Gasteiger partial charge in [0, 0.05) is 12.6 Å². The first-order chi connectivity index (χ1) is 7.34. The molecule has 0 aliphatic carbocycles. The molecule has 2 nitrogen and oxygen atoms in total. The molecule has 0 radical (unpaired) electrons. The number of rotatable bonds is 2. The van der Waals surface area contributed by atoms with Crippen molar-refractivity contribution in [2.45, 2.75) is 12.5 Å². The molecule has 0 saturated carbocycles. The van der Waals surface area contributed by atoms with Crippen molar-refractivity contribution in [1.82, 2.24) is 10.6 Å². The van der Waals surface area contributed by atoms with Gasteiger partial charge in [-0.2, -0.15) is 0 Å². The Labute approximate surface area is 95.4 Å². The number of hydrogen-bond donors (Lipinski definition) is 2. The lowest BCUT2D eigenvalue weighted by Crippen LogP contribution is -2.48. The molecule has 1 aromatic carbocycles. The second-order valence-electron chi connectivity index (χ2n) is 3.57. The quantitative estimate of drug-likeness (QED) is 0.742. The van der Waals surface area contributed by atoms with Gasteiger partial charge in [-0.1, -0.05) is 42.5 Å². The first-order valence-electron chi connectivity index (χ1n) is 5.12. The molecule has 1 unspecified atom stereocenters. The molecule has 2 N–H and O–H groups in total. The van der Waals surface area contributed by atoms with Crippen molar-refractivity contribution in [2.75, 3.05) is 6.54 Å². The van der Waals surface area contributed by atoms with E-state index in [1.807, 2.05) is 18.2 Å². The Morgan fingerprint density at radius 2 is 2.07 bits per heavy atom. The van der Waals surface area contributed by atoms with Crippen LogP contribution in [0.3, 0.4) is 0 Å². The van der Waals surface area contributed by atoms with Crippen LogP contribution in [-0.4, -0.2) is 17.7 Å². The Kier molecular flexibility index (Phi) is 3.35. The highest BCUT2D eigenvalue weighted by Crippen LogP contribution is 2.05. The predicted octanol–water partition coefficient (Wildman–Crippen LogP) is 1.94. The van der Waals surface area contributed by atoms with Gasteiger partial charge in [0.2, 0.25) is 0 Å². The molecule has 1 aliphatic heterocycles. The molecule has 0 spiro atoms. The normalized spacial score (nSPS) is 21.1. The van der Waals surface area contributed by atoms with E-state index in [9.17, 15) is 0 Å². The van der Waals surface area contributed by atoms with Crippen LogP contribution in [0.25, 0.3) is 6.08 Å². The molecule has 1 aromatic rings. The van der Waals surface area contributed by atoms with E-state index in [0.29, 0.717) is 6.04 Å². The van der Waals surface area contributed by atoms with Crippen LogP contribution in [0.4, 0.5) is 0 Å². The van der Waals surface area contributed by atoms with Crippen LogP contribution in [0.2, 0.25) is 0 Å². The lowest BCUT2D eigenvalue weighted by Gasteiger charge is -2.23. The van der Waals surface area contributed by atoms with Gasteiger partial charge >= 0.3 is 0 Å². The molecule has 1 heterocycles. The van der Waals surface area contributed by atoms with Gasteiger partial charge < -0.3 is 10.6 Å². The molecule has 3 heteroatoms. The fraction of sp³-hybridized carbons (Fsp3) is 0.250. The van der Waals surface area contributed by atoms with E-state index in [1.54, 1.807) is 0 Å². The summed E-state index contributed by atoms with van der Waals surface area (Å²) in [5.41, 5.74) is 1.23. The van der Waals surface area contributed by atoms with Crippen molar-refractivity contribution in [3.05, 3.63) is 42.0 Å². The highest BCUT2D eigenvalue weighted by atomic mass is 32.1. The number of nitrogens with one attached hydrogen (secondary N) is 2. The fourth-order valence-corrected chi connectivity index (χ4v) is 1.82. The summed E-state index contributed by atoms with van der Waals surface area (Å²) in [7, 11) is 0. The average molecular weight is 218 g/mol. The van der Waals surface area contributed by atoms with Gasteiger partial charge in [0.15, 0.2) is 5.11 Å². The minimum Gasteiger partial charge on any atom is -0.363 e. The summed E-state index contributed by atoms with van der Waals surface area (Å²) >= 11 is 5.06. The minimum atomic E-state index is 0.360. The topological polar surface area (TPSA) is 24.1 Å². The summed E-state index contributed by atoms with van der Waals surface area (Å²) in [5, 5.41) is 7.07. The third-order valence-electron chi connectivity index (χ3n) is 2.38. The third-order valence-corrected chi connectivity index (χ3v) is 2.64. The van der Waals surface area contributed by atoms with E-state index >= 15 is 0 Å². The van der Waals surface area contributed by atoms with Crippen LogP contribution in [0.15, 0.2) is 36.4 Å². The van der Waals surface area contributed by atoms with Gasteiger partial charge in [-0.3, -0.25) is 0 Å². The lowest BCUT2D eigenvalue weighted by atomic mass is 10.1. The Balaban J connectivity index is 1.96. The van der Waals surface area contributed by atoms with Crippen LogP contribution >= 0.6 is 12.2 Å². The molecule has 1 atom stereocenters. The lowest BCUT2D eigenvalue weighted by molar-refractivity contribution is 0.594. The number of benzene rings is 1. The van der Waals surface area contributed by atoms with Crippen LogP contribution < -0.4 is 10.6 Å². The minimum absolute atomic E-state index is 0.360. The number of thiocarbonyl (C=S) groups is 1. The molecule has 0 amide bonds. The summed E-state index contributed by atoms with van der Waals surface area (Å²) in [4.78, 5) is 0. The maximum atomic E-state index is 5.06. The zero-order valence-corrected chi connectivity index (χ0v) is 9.26. The molecule has 15 heavy (non-hydrogen) atoms. The Morgan fingerprint density at radius 1 is 1.27 bits per heavy atom. The highest BCUT2D eigenvalue weighted by Gasteiger charge is 2.11. The predicted molar refractivity (Wildman–Crippen MR) is 67.6 cm³/mol. The zero-order valence-electron chi connectivity index (χ0n) is 8.44. The summed E-state index contributed by atoms with van der Waals surface area (Å²) in [5.74, 6) is 0. The molecule has 1 saturated heterocycles. The smallest absolute Gasteiger partial charge is 0.166 e. The average Bonchev–Trinajstić information content (AvgIpc) is 2.28. The van der Waals surface area contributed by atoms with E-state index < -0.39 is 0 Å². The molecular weight excluding hydrogens is 204 g/mol. The van der Waals surface area contributed by atoms with Gasteiger partial charge in [-0.25, -0.2) is 0 Å². The van der Waals surface area contributed by atoms with Crippen molar-refractivity contribution in [3.63, 3.8) is 0 Å². The van der Waals surface area contributed by atoms with Crippen LogP contribution in [0, 0.1) is 0 Å². The van der Waals surface area contributed by atoms with E-state index in [2.05, 4.69) is 34.9 Å². The van der Waals surface area contributed by atoms with E-state index in [1.165, 1.54) is 5.56 Å². The zero-order chi connectivity index (χ0) is 10.5. The largest absolute Gasteiger partial charge is 0.363 e. The Bertz CT molecular complexity index is 359. The molecule has 1 fully saturated rings. The fourth-order valence-electron chi connectivity index (χ4n) is 1.57. The van der Waals surface area contributed by atoms with Crippen molar-refractivity contribution in [3.8, 4) is 0 Å². The molecular formula is C12H14N2S. The summed E-state index contributed by atoms with van der Waals surface area (Å²) in [6.45, 7) is 0.954. The third kappa shape index (κ3) is 3.06. The summed E-state index contributed by atoms with van der Waals surface area (Å²) < 4.78 is 0. The SMILES string of the molecule is S=C1NCCC(C=Cc2ccccc2)N1. The van der Waals surface area contributed by atoms with Crippen LogP contribution in [0.5, 0.6) is 0 Å². The summed E-state index contributed by atoms with van der Waals surface area (Å²) in [6, 6.07) is 10.7. The highest BCUT2D eigenvalue weighted by molar-refractivity contribution is 7.80. The Hall–Kier alpha value is -1.35. The van der Waals surface area contributed by atoms with Gasteiger partial charge in [0.05, 0.1) is 0 Å². The standard InChI is InChI=1S/C12H14N2S/c15-12-13-9-8-11(14-12)7-6-10-4-2-1-3-5-10/h1-7,11H,8-9H2,(H2,13,14,15). The Morgan fingerprint density at radius 3 is 2.80 bits per heavy atom. The van der Waals surface area contributed by atoms with E-state index in [-0.39, 0.29) is 0 Å². The van der Waals surface area contributed by atoms with Crippen LogP contribution in [0.1, 0.15) is 12.0 Å². The van der Waals surface area contributed by atoms with Gasteiger partial charge in [-0.15, -0.1) is 0 Å². The second-order valence-corrected chi connectivity index (χ2v) is 3.97. The first-order valence-corrected chi connectivity index (χ1v) is 5.53. The number of hydrogen-bond acceptors (Lipinski definition) is 1. The van der Waals surface area contributed by atoms with Crippen molar-refractivity contribution < 1.29 is 0 Å². The molecule has 2 rings (SSSR count). The first kappa shape index (κ1) is 10.2. The van der Waals surface area contributed by atoms with Crippen LogP contribution in [-0.2, 0) is 0 Å². The second kappa shape index (κ2) is 4.94. The molecule has 0 aromatic heterocycles. The molecule has 0 bridgehead atoms. The van der Waals surface area contributed by atoms with E-state index in [0.717, 1.165) is 18.1 Å². The van der Waals surface area contributed by atoms with Crippen molar-refractivity contribution in [1.29, 1.82) is 0 Å². The van der Waals surface area contributed by atoms with Crippen molar-refractivity contribution in [2.24, 2.45) is 0 Å². The molecule has 78 valence electrons. The van der Waals surface area contributed by atoms with E-state index in [4.69, 9.17) is 12.2 Å². The van der Waals surface area contributed by atoms with Gasteiger partial charge in [0.25, 0.3) is 0 Å². The molecule has 1 aliphatic rings. The summed E-state index contributed by atoms with van der Waals surface area (Å²) in [6.07, 6.45) is 5.37. The maximum absolute atomic E-state index is 5.06. The monoisotopic (exact) mass is 218 g/mol. The van der Waals surface area contributed by atoms with Crippen molar-refractivity contribution >= 4 is 23.4 Å². The maximum Gasteiger partial charge on any atom is 0.166 e. The van der Waals surface area contributed by atoms with Gasteiger partial charge in [-0.05, 0) is 24.2 Å².